The fraction of sp³-hybridized carbons (Fsp3) is 0.692. The average molecular weight is 224 g/mol. The Balaban J connectivity index is 2.29. The van der Waals surface area contributed by atoms with E-state index in [2.05, 4.69) is 32.2 Å². The van der Waals surface area contributed by atoms with E-state index in [9.17, 15) is 5.11 Å². The highest BCUT2D eigenvalue weighted by atomic mass is 32.1. The van der Waals surface area contributed by atoms with Crippen molar-refractivity contribution in [3.05, 3.63) is 21.9 Å². The quantitative estimate of drug-likeness (QED) is 0.771. The Morgan fingerprint density at radius 3 is 2.40 bits per heavy atom. The number of hydrogen-bond acceptors (Lipinski definition) is 2. The second kappa shape index (κ2) is 3.91. The zero-order valence-electron chi connectivity index (χ0n) is 9.79. The molecule has 1 aliphatic carbocycles. The maximum absolute atomic E-state index is 10.8. The number of aliphatic hydroxyl groups is 1. The highest BCUT2D eigenvalue weighted by molar-refractivity contribution is 7.10. The van der Waals surface area contributed by atoms with Crippen molar-refractivity contribution in [2.45, 2.75) is 45.6 Å². The molecule has 2 atom stereocenters. The van der Waals surface area contributed by atoms with Gasteiger partial charge >= 0.3 is 0 Å². The summed E-state index contributed by atoms with van der Waals surface area (Å²) in [6.45, 7) is 6.61. The van der Waals surface area contributed by atoms with Crippen molar-refractivity contribution in [2.75, 3.05) is 0 Å². The summed E-state index contributed by atoms with van der Waals surface area (Å²) >= 11 is 1.71. The topological polar surface area (TPSA) is 20.2 Å². The van der Waals surface area contributed by atoms with Crippen LogP contribution in [-0.2, 0) is 5.60 Å². The van der Waals surface area contributed by atoms with E-state index >= 15 is 0 Å². The van der Waals surface area contributed by atoms with Gasteiger partial charge in [-0.05, 0) is 55.0 Å². The van der Waals surface area contributed by atoms with Crippen LogP contribution < -0.4 is 0 Å². The molecular formula is C13H20OS. The summed E-state index contributed by atoms with van der Waals surface area (Å²) in [4.78, 5) is 1.20. The normalized spacial score (nSPS) is 36.8. The molecule has 0 bridgehead atoms. The van der Waals surface area contributed by atoms with Gasteiger partial charge in [-0.3, -0.25) is 0 Å². The number of aryl methyl sites for hydroxylation is 1. The average Bonchev–Trinajstić information content (AvgIpc) is 2.48. The molecule has 2 unspecified atom stereocenters. The first-order chi connectivity index (χ1) is 7.01. The molecule has 1 fully saturated rings. The van der Waals surface area contributed by atoms with E-state index in [1.807, 2.05) is 0 Å². The second-order valence-corrected chi connectivity index (χ2v) is 6.23. The number of rotatable bonds is 1. The van der Waals surface area contributed by atoms with Gasteiger partial charge in [-0.15, -0.1) is 11.3 Å². The van der Waals surface area contributed by atoms with Crippen LogP contribution in [-0.4, -0.2) is 5.11 Å². The van der Waals surface area contributed by atoms with Crippen LogP contribution in [0.3, 0.4) is 0 Å². The predicted octanol–water partition coefficient (Wildman–Crippen LogP) is 3.70. The van der Waals surface area contributed by atoms with Gasteiger partial charge in [0.1, 0.15) is 0 Å². The van der Waals surface area contributed by atoms with Crippen LogP contribution in [0.15, 0.2) is 11.4 Å². The molecule has 0 aromatic carbocycles. The summed E-state index contributed by atoms with van der Waals surface area (Å²) in [6, 6.07) is 2.11. The van der Waals surface area contributed by atoms with Crippen LogP contribution in [0.4, 0.5) is 0 Å². The van der Waals surface area contributed by atoms with Crippen LogP contribution in [0.25, 0.3) is 0 Å². The molecule has 0 radical (unpaired) electrons. The predicted molar refractivity (Wildman–Crippen MR) is 65.1 cm³/mol. The summed E-state index contributed by atoms with van der Waals surface area (Å²) in [5, 5.41) is 12.9. The Morgan fingerprint density at radius 2 is 1.93 bits per heavy atom. The van der Waals surface area contributed by atoms with E-state index in [-0.39, 0.29) is 0 Å². The van der Waals surface area contributed by atoms with Gasteiger partial charge in [-0.1, -0.05) is 13.8 Å². The van der Waals surface area contributed by atoms with Crippen molar-refractivity contribution in [3.8, 4) is 0 Å². The van der Waals surface area contributed by atoms with E-state index in [4.69, 9.17) is 0 Å². The zero-order chi connectivity index (χ0) is 11.1. The maximum atomic E-state index is 10.8. The molecule has 1 aromatic heterocycles. The molecule has 2 heteroatoms. The lowest BCUT2D eigenvalue weighted by Crippen LogP contribution is -2.35. The van der Waals surface area contributed by atoms with Gasteiger partial charge in [-0.2, -0.15) is 0 Å². The van der Waals surface area contributed by atoms with Crippen LogP contribution >= 0.6 is 11.3 Å². The minimum atomic E-state index is -0.546. The van der Waals surface area contributed by atoms with Gasteiger partial charge in [0, 0.05) is 4.88 Å². The van der Waals surface area contributed by atoms with Crippen molar-refractivity contribution < 1.29 is 5.11 Å². The van der Waals surface area contributed by atoms with Crippen molar-refractivity contribution in [1.82, 2.24) is 0 Å². The highest BCUT2D eigenvalue weighted by Gasteiger charge is 2.39. The molecule has 0 amide bonds. The van der Waals surface area contributed by atoms with Crippen LogP contribution in [0.1, 0.15) is 43.6 Å². The molecule has 84 valence electrons. The van der Waals surface area contributed by atoms with E-state index < -0.39 is 5.60 Å². The van der Waals surface area contributed by atoms with Crippen LogP contribution in [0.2, 0.25) is 0 Å². The largest absolute Gasteiger partial charge is 0.384 e. The lowest BCUT2D eigenvalue weighted by molar-refractivity contribution is -0.0336. The monoisotopic (exact) mass is 224 g/mol. The zero-order valence-corrected chi connectivity index (χ0v) is 10.6. The van der Waals surface area contributed by atoms with E-state index in [1.165, 1.54) is 16.9 Å². The first kappa shape index (κ1) is 11.2. The Hall–Kier alpha value is -0.340. The smallest absolute Gasteiger partial charge is 0.0995 e. The molecule has 1 heterocycles. The third-order valence-electron chi connectivity index (χ3n) is 3.46. The molecule has 1 aliphatic rings. The summed E-state index contributed by atoms with van der Waals surface area (Å²) < 4.78 is 0. The highest BCUT2D eigenvalue weighted by Crippen LogP contribution is 2.45. The fourth-order valence-corrected chi connectivity index (χ4v) is 4.17. The second-order valence-electron chi connectivity index (χ2n) is 5.32. The Morgan fingerprint density at radius 1 is 1.33 bits per heavy atom. The number of hydrogen-bond donors (Lipinski definition) is 1. The molecule has 0 saturated heterocycles. The van der Waals surface area contributed by atoms with Gasteiger partial charge in [0.05, 0.1) is 5.60 Å². The lowest BCUT2D eigenvalue weighted by Gasteiger charge is -2.39. The Labute approximate surface area is 96.1 Å². The standard InChI is InChI=1S/C13H20OS/c1-9-6-10(2)8-13(14,7-9)12-11(3)4-5-15-12/h4-5,9-10,14H,6-8H2,1-3H3. The molecule has 1 N–H and O–H groups in total. The summed E-state index contributed by atoms with van der Waals surface area (Å²) in [5.74, 6) is 1.28. The van der Waals surface area contributed by atoms with E-state index in [0.717, 1.165) is 12.8 Å². The molecule has 0 aliphatic heterocycles. The third kappa shape index (κ3) is 2.11. The molecular weight excluding hydrogens is 204 g/mol. The summed E-state index contributed by atoms with van der Waals surface area (Å²) in [5.41, 5.74) is 0.707. The van der Waals surface area contributed by atoms with Crippen molar-refractivity contribution >= 4 is 11.3 Å². The summed E-state index contributed by atoms with van der Waals surface area (Å²) in [7, 11) is 0. The Bertz CT molecular complexity index is 332. The van der Waals surface area contributed by atoms with Crippen molar-refractivity contribution in [3.63, 3.8) is 0 Å². The molecule has 2 rings (SSSR count). The van der Waals surface area contributed by atoms with Gasteiger partial charge in [-0.25, -0.2) is 0 Å². The Kier molecular flexibility index (Phi) is 2.91. The fourth-order valence-electron chi connectivity index (χ4n) is 3.12. The van der Waals surface area contributed by atoms with E-state index in [0.29, 0.717) is 11.8 Å². The maximum Gasteiger partial charge on any atom is 0.0995 e. The first-order valence-electron chi connectivity index (χ1n) is 5.78. The number of thiophene rings is 1. The molecule has 1 nitrogen and oxygen atoms in total. The molecule has 15 heavy (non-hydrogen) atoms. The van der Waals surface area contributed by atoms with Gasteiger partial charge in [0.2, 0.25) is 0 Å². The minimum absolute atomic E-state index is 0.546. The van der Waals surface area contributed by atoms with Crippen molar-refractivity contribution in [1.29, 1.82) is 0 Å². The third-order valence-corrected chi connectivity index (χ3v) is 4.67. The van der Waals surface area contributed by atoms with Crippen LogP contribution in [0.5, 0.6) is 0 Å². The lowest BCUT2D eigenvalue weighted by atomic mass is 9.72. The van der Waals surface area contributed by atoms with Crippen LogP contribution in [0, 0.1) is 18.8 Å². The SMILES string of the molecule is Cc1ccsc1C1(O)CC(C)CC(C)C1. The van der Waals surface area contributed by atoms with Gasteiger partial charge < -0.3 is 5.11 Å². The molecule has 0 spiro atoms. The van der Waals surface area contributed by atoms with Gasteiger partial charge in [0.25, 0.3) is 0 Å². The van der Waals surface area contributed by atoms with Crippen molar-refractivity contribution in [2.24, 2.45) is 11.8 Å². The molecule has 1 saturated carbocycles. The van der Waals surface area contributed by atoms with E-state index in [1.54, 1.807) is 11.3 Å². The summed E-state index contributed by atoms with van der Waals surface area (Å²) in [6.07, 6.45) is 3.12. The first-order valence-corrected chi connectivity index (χ1v) is 6.66. The molecule has 1 aromatic rings. The minimum Gasteiger partial charge on any atom is -0.384 e. The van der Waals surface area contributed by atoms with Gasteiger partial charge in [0.15, 0.2) is 0 Å².